The van der Waals surface area contributed by atoms with Crippen molar-refractivity contribution in [1.29, 1.82) is 0 Å². The number of fused-ring (bicyclic) bond motifs is 1. The molecule has 1 aromatic carbocycles. The molecule has 1 aliphatic carbocycles. The molecule has 1 aliphatic rings. The number of nitrogens with one attached hydrogen (secondary N) is 2. The maximum atomic E-state index is 10.6. The van der Waals surface area contributed by atoms with Crippen molar-refractivity contribution in [3.63, 3.8) is 0 Å². The average Bonchev–Trinajstić information content (AvgIpc) is 3.28. The fourth-order valence-corrected chi connectivity index (χ4v) is 5.08. The minimum atomic E-state index is -1.03. The van der Waals surface area contributed by atoms with Crippen molar-refractivity contribution in [3.8, 4) is 10.6 Å². The Hall–Kier alpha value is -2.59. The second kappa shape index (κ2) is 8.88. The van der Waals surface area contributed by atoms with Crippen LogP contribution in [-0.4, -0.2) is 61.2 Å². The summed E-state index contributed by atoms with van der Waals surface area (Å²) in [4.78, 5) is 14.0. The number of aryl methyl sites for hydroxylation is 1. The summed E-state index contributed by atoms with van der Waals surface area (Å²) >= 11 is 1.55. The molecular formula is C22H27N5O3S. The van der Waals surface area contributed by atoms with E-state index < -0.39 is 30.3 Å². The monoisotopic (exact) mass is 441 g/mol. The van der Waals surface area contributed by atoms with E-state index in [0.29, 0.717) is 24.7 Å². The molecule has 8 nitrogen and oxygen atoms in total. The van der Waals surface area contributed by atoms with Crippen molar-refractivity contribution >= 4 is 33.3 Å². The molecule has 3 aromatic rings. The zero-order chi connectivity index (χ0) is 22.1. The minimum absolute atomic E-state index is 0.414. The summed E-state index contributed by atoms with van der Waals surface area (Å²) in [6, 6.07) is 7.43. The Bertz CT molecular complexity index is 1050. The van der Waals surface area contributed by atoms with E-state index in [1.807, 2.05) is 31.2 Å². The van der Waals surface area contributed by atoms with Gasteiger partial charge in [-0.3, -0.25) is 0 Å². The molecule has 2 heterocycles. The molecule has 4 rings (SSSR count). The zero-order valence-electron chi connectivity index (χ0n) is 17.5. The molecule has 2 aromatic heterocycles. The quantitative estimate of drug-likeness (QED) is 0.355. The van der Waals surface area contributed by atoms with E-state index >= 15 is 0 Å². The molecule has 5 unspecified atom stereocenters. The van der Waals surface area contributed by atoms with Gasteiger partial charge < -0.3 is 26.0 Å². The van der Waals surface area contributed by atoms with Crippen LogP contribution in [-0.2, 0) is 0 Å². The molecule has 0 saturated heterocycles. The second-order valence-electron chi connectivity index (χ2n) is 7.88. The topological polar surface area (TPSA) is 123 Å². The Kier molecular flexibility index (Phi) is 6.19. The molecule has 31 heavy (non-hydrogen) atoms. The molecule has 0 bridgehead atoms. The SMILES string of the molecule is C=CCNc1nc(C)c(-c2nc3ccccc3s2)c(NC2CC(C(C)O)C(O)C2O)n1. The van der Waals surface area contributed by atoms with Crippen molar-refractivity contribution in [3.05, 3.63) is 42.6 Å². The van der Waals surface area contributed by atoms with E-state index in [2.05, 4.69) is 27.2 Å². The number of thiazole rings is 1. The van der Waals surface area contributed by atoms with Crippen molar-refractivity contribution < 1.29 is 15.3 Å². The molecule has 1 fully saturated rings. The zero-order valence-corrected chi connectivity index (χ0v) is 18.3. The van der Waals surface area contributed by atoms with Crippen molar-refractivity contribution in [2.45, 2.75) is 44.6 Å². The van der Waals surface area contributed by atoms with E-state index in [0.717, 1.165) is 26.5 Å². The number of para-hydroxylation sites is 1. The van der Waals surface area contributed by atoms with Gasteiger partial charge in [0.25, 0.3) is 0 Å². The lowest BCUT2D eigenvalue weighted by atomic mass is 10.00. The van der Waals surface area contributed by atoms with Gasteiger partial charge in [0.15, 0.2) is 0 Å². The number of anilines is 2. The first kappa shape index (κ1) is 21.6. The first-order chi connectivity index (χ1) is 14.9. The predicted molar refractivity (Wildman–Crippen MR) is 123 cm³/mol. The smallest absolute Gasteiger partial charge is 0.225 e. The fraction of sp³-hybridized carbons (Fsp3) is 0.409. The van der Waals surface area contributed by atoms with Gasteiger partial charge in [0, 0.05) is 12.5 Å². The summed E-state index contributed by atoms with van der Waals surface area (Å²) in [7, 11) is 0. The average molecular weight is 442 g/mol. The highest BCUT2D eigenvalue weighted by molar-refractivity contribution is 7.21. The van der Waals surface area contributed by atoms with Gasteiger partial charge in [0.05, 0.1) is 39.7 Å². The number of rotatable bonds is 7. The van der Waals surface area contributed by atoms with Crippen molar-refractivity contribution in [2.75, 3.05) is 17.2 Å². The molecule has 1 saturated carbocycles. The molecular weight excluding hydrogens is 414 g/mol. The maximum Gasteiger partial charge on any atom is 0.225 e. The molecule has 9 heteroatoms. The van der Waals surface area contributed by atoms with Crippen LogP contribution in [0.4, 0.5) is 11.8 Å². The summed E-state index contributed by atoms with van der Waals surface area (Å²) in [5.74, 6) is 0.546. The highest BCUT2D eigenvalue weighted by Gasteiger charge is 2.44. The fourth-order valence-electron chi connectivity index (χ4n) is 4.02. The number of benzene rings is 1. The van der Waals surface area contributed by atoms with Crippen LogP contribution in [0.3, 0.4) is 0 Å². The molecule has 5 atom stereocenters. The van der Waals surface area contributed by atoms with E-state index in [-0.39, 0.29) is 0 Å². The Morgan fingerprint density at radius 3 is 2.68 bits per heavy atom. The van der Waals surface area contributed by atoms with Gasteiger partial charge in [-0.1, -0.05) is 18.2 Å². The van der Waals surface area contributed by atoms with Crippen molar-refractivity contribution in [1.82, 2.24) is 15.0 Å². The third-order valence-corrected chi connectivity index (χ3v) is 6.72. The summed E-state index contributed by atoms with van der Waals surface area (Å²) < 4.78 is 1.06. The number of aromatic nitrogens is 3. The first-order valence-corrected chi connectivity index (χ1v) is 11.1. The Balaban J connectivity index is 1.75. The Morgan fingerprint density at radius 1 is 1.23 bits per heavy atom. The van der Waals surface area contributed by atoms with Gasteiger partial charge in [0.1, 0.15) is 16.9 Å². The van der Waals surface area contributed by atoms with Gasteiger partial charge >= 0.3 is 0 Å². The second-order valence-corrected chi connectivity index (χ2v) is 8.92. The summed E-state index contributed by atoms with van der Waals surface area (Å²) in [6.45, 7) is 7.74. The van der Waals surface area contributed by atoms with Gasteiger partial charge in [-0.25, -0.2) is 9.97 Å². The Morgan fingerprint density at radius 2 is 2.00 bits per heavy atom. The largest absolute Gasteiger partial charge is 0.393 e. The maximum absolute atomic E-state index is 10.6. The molecule has 0 spiro atoms. The van der Waals surface area contributed by atoms with E-state index in [1.165, 1.54) is 0 Å². The number of hydrogen-bond donors (Lipinski definition) is 5. The van der Waals surface area contributed by atoms with Crippen LogP contribution in [0.1, 0.15) is 19.0 Å². The van der Waals surface area contributed by atoms with Gasteiger partial charge in [-0.2, -0.15) is 4.98 Å². The number of aliphatic hydroxyl groups is 3. The predicted octanol–water partition coefficient (Wildman–Crippen LogP) is 2.56. The molecule has 0 aliphatic heterocycles. The van der Waals surface area contributed by atoms with Crippen LogP contribution in [0.2, 0.25) is 0 Å². The lowest BCUT2D eigenvalue weighted by Gasteiger charge is -2.21. The third-order valence-electron chi connectivity index (χ3n) is 5.67. The lowest BCUT2D eigenvalue weighted by molar-refractivity contribution is -0.0162. The highest BCUT2D eigenvalue weighted by atomic mass is 32.1. The number of hydrogen-bond acceptors (Lipinski definition) is 9. The van der Waals surface area contributed by atoms with E-state index in [4.69, 9.17) is 4.98 Å². The molecule has 5 N–H and O–H groups in total. The van der Waals surface area contributed by atoms with Gasteiger partial charge in [-0.05, 0) is 32.4 Å². The third kappa shape index (κ3) is 4.27. The first-order valence-electron chi connectivity index (χ1n) is 10.3. The summed E-state index contributed by atoms with van der Waals surface area (Å²) in [5.41, 5.74) is 2.39. The highest BCUT2D eigenvalue weighted by Crippen LogP contribution is 2.38. The van der Waals surface area contributed by atoms with Crippen LogP contribution >= 0.6 is 11.3 Å². The summed E-state index contributed by atoms with van der Waals surface area (Å²) in [6.07, 6.45) is -0.625. The van der Waals surface area contributed by atoms with Crippen LogP contribution in [0.15, 0.2) is 36.9 Å². The van der Waals surface area contributed by atoms with Crippen LogP contribution < -0.4 is 10.6 Å². The molecule has 0 amide bonds. The van der Waals surface area contributed by atoms with E-state index in [1.54, 1.807) is 24.3 Å². The normalized spacial score (nSPS) is 24.3. The Labute approximate surface area is 184 Å². The lowest BCUT2D eigenvalue weighted by Crippen LogP contribution is -2.36. The minimum Gasteiger partial charge on any atom is -0.393 e. The molecule has 0 radical (unpaired) electrons. The van der Waals surface area contributed by atoms with E-state index in [9.17, 15) is 15.3 Å². The van der Waals surface area contributed by atoms with Crippen molar-refractivity contribution in [2.24, 2.45) is 5.92 Å². The van der Waals surface area contributed by atoms with Gasteiger partial charge in [0.2, 0.25) is 5.95 Å². The standard InChI is InChI=1S/C22H27N5O3S/c1-4-9-23-22-24-11(2)17(21-26-14-7-5-6-8-16(14)31-21)20(27-22)25-15-10-13(12(3)28)18(29)19(15)30/h4-8,12-13,15,18-19,28-30H,1,9-10H2,2-3H3,(H2,23,24,25,27). The van der Waals surface area contributed by atoms with Crippen LogP contribution in [0.5, 0.6) is 0 Å². The van der Waals surface area contributed by atoms with Gasteiger partial charge in [-0.15, -0.1) is 17.9 Å². The number of nitrogens with zero attached hydrogens (tertiary/aromatic N) is 3. The molecule has 164 valence electrons. The van der Waals surface area contributed by atoms with Crippen LogP contribution in [0.25, 0.3) is 20.8 Å². The summed E-state index contributed by atoms with van der Waals surface area (Å²) in [5, 5.41) is 38.1. The number of aliphatic hydroxyl groups excluding tert-OH is 3. The van der Waals surface area contributed by atoms with Crippen LogP contribution in [0, 0.1) is 12.8 Å².